The Hall–Kier alpha value is -10.5. The molecular formula is C96H91NSi3. The van der Waals surface area contributed by atoms with Crippen LogP contribution < -0.4 is 62.2 Å². The molecule has 1 nitrogen and oxygen atoms in total. The fourth-order valence-electron chi connectivity index (χ4n) is 15.2. The van der Waals surface area contributed by atoms with Gasteiger partial charge in [-0.05, 0) is 119 Å². The van der Waals surface area contributed by atoms with Crippen LogP contribution in [-0.4, -0.2) is 28.8 Å². The molecule has 0 radical (unpaired) electrons. The third kappa shape index (κ3) is 13.4. The lowest BCUT2D eigenvalue weighted by Gasteiger charge is -2.35. The van der Waals surface area contributed by atoms with Gasteiger partial charge in [-0.1, -0.05) is 426 Å². The lowest BCUT2D eigenvalue weighted by molar-refractivity contribution is 0.590. The quantitative estimate of drug-likeness (QED) is 0.0801. The Morgan fingerprint density at radius 3 is 0.690 bits per heavy atom. The molecule has 0 aliphatic heterocycles. The maximum absolute atomic E-state index is 2.70. The van der Waals surface area contributed by atoms with Crippen LogP contribution in [0.25, 0.3) is 27.5 Å². The van der Waals surface area contributed by atoms with Gasteiger partial charge in [0.05, 0.1) is 11.0 Å². The van der Waals surface area contributed by atoms with Crippen LogP contribution in [0.5, 0.6) is 0 Å². The van der Waals surface area contributed by atoms with Gasteiger partial charge in [-0.15, -0.1) is 0 Å². The van der Waals surface area contributed by atoms with E-state index in [1.165, 1.54) is 106 Å². The van der Waals surface area contributed by atoms with Gasteiger partial charge in [0.2, 0.25) is 0 Å². The van der Waals surface area contributed by atoms with Crippen LogP contribution in [0.4, 0.5) is 0 Å². The summed E-state index contributed by atoms with van der Waals surface area (Å²) < 4.78 is 2.44. The van der Waals surface area contributed by atoms with Crippen molar-refractivity contribution in [3.8, 4) is 5.69 Å². The number of aromatic nitrogens is 1. The Bertz CT molecular complexity index is 4850. The van der Waals surface area contributed by atoms with E-state index in [4.69, 9.17) is 0 Å². The van der Waals surface area contributed by atoms with E-state index >= 15 is 0 Å². The maximum atomic E-state index is 2.49. The Balaban J connectivity index is 0.000000138. The van der Waals surface area contributed by atoms with Crippen molar-refractivity contribution < 1.29 is 0 Å². The summed E-state index contributed by atoms with van der Waals surface area (Å²) in [4.78, 5) is 0. The van der Waals surface area contributed by atoms with Crippen LogP contribution in [0.15, 0.2) is 388 Å². The van der Waals surface area contributed by atoms with Crippen molar-refractivity contribution in [2.24, 2.45) is 0 Å². The highest BCUT2D eigenvalue weighted by atomic mass is 28.3. The van der Waals surface area contributed by atoms with Crippen LogP contribution in [-0.2, 0) is 16.2 Å². The zero-order valence-electron chi connectivity index (χ0n) is 59.4. The van der Waals surface area contributed by atoms with Crippen molar-refractivity contribution >= 4 is 108 Å². The van der Waals surface area contributed by atoms with E-state index < -0.39 is 24.2 Å². The van der Waals surface area contributed by atoms with Crippen LogP contribution in [0.2, 0.25) is 0 Å². The van der Waals surface area contributed by atoms with E-state index in [9.17, 15) is 0 Å². The van der Waals surface area contributed by atoms with E-state index in [1.54, 1.807) is 0 Å². The molecule has 100 heavy (non-hydrogen) atoms. The molecule has 0 N–H and O–H groups in total. The molecular weight excluding hydrogens is 1250 g/mol. The van der Waals surface area contributed by atoms with Gasteiger partial charge in [0, 0.05) is 16.5 Å². The van der Waals surface area contributed by atoms with Crippen LogP contribution in [0, 0.1) is 0 Å². The third-order valence-electron chi connectivity index (χ3n) is 20.3. The second-order valence-electron chi connectivity index (χ2n) is 29.6. The van der Waals surface area contributed by atoms with Gasteiger partial charge in [-0.25, -0.2) is 0 Å². The smallest absolute Gasteiger partial charge is 0.179 e. The zero-order chi connectivity index (χ0) is 69.4. The van der Waals surface area contributed by atoms with Gasteiger partial charge >= 0.3 is 0 Å². The monoisotopic (exact) mass is 1340 g/mol. The second-order valence-corrected chi connectivity index (χ2v) is 41.0. The Kier molecular flexibility index (Phi) is 19.8. The van der Waals surface area contributed by atoms with Crippen molar-refractivity contribution in [2.45, 2.75) is 78.6 Å². The molecule has 0 unspecified atom stereocenters. The van der Waals surface area contributed by atoms with Crippen molar-refractivity contribution in [1.29, 1.82) is 0 Å². The lowest BCUT2D eigenvalue weighted by atomic mass is 9.87. The minimum absolute atomic E-state index is 0.0499. The van der Waals surface area contributed by atoms with Crippen molar-refractivity contribution in [3.05, 3.63) is 405 Å². The third-order valence-corrected chi connectivity index (χ3v) is 34.6. The molecule has 0 saturated carbocycles. The molecule has 0 amide bonds. The van der Waals surface area contributed by atoms with E-state index in [2.05, 4.69) is 455 Å². The summed E-state index contributed by atoms with van der Waals surface area (Å²) in [6.07, 6.45) is 0. The average molecular weight is 1340 g/mol. The second kappa shape index (κ2) is 29.2. The van der Waals surface area contributed by atoms with Crippen LogP contribution in [0.3, 0.4) is 0 Å². The van der Waals surface area contributed by atoms with E-state index in [-0.39, 0.29) is 16.2 Å². The molecule has 1 aromatic heterocycles. The molecule has 0 saturated heterocycles. The SMILES string of the molecule is CC(C)(C)c1ccc([Si](c2ccccc2)(c2ccccc2)c2ccccc2)cc1.CC(C)(C)c1cccc([Si](c2ccccc2)(c2ccccc2)c2cccc(-n3c4ccccc4c4ccccc43)c2)c1.CC(C)(C)c1cccc([Si](c2ccccc2)(c2ccccc2)c2ccccc2)c1. The predicted octanol–water partition coefficient (Wildman–Crippen LogP) is 16.2. The highest BCUT2D eigenvalue weighted by molar-refractivity contribution is 7.21. The predicted molar refractivity (Wildman–Crippen MR) is 441 cm³/mol. The Labute approximate surface area is 597 Å². The number of benzene rings is 14. The molecule has 0 aliphatic rings. The molecule has 15 rings (SSSR count). The van der Waals surface area contributed by atoms with Crippen LogP contribution >= 0.6 is 0 Å². The van der Waals surface area contributed by atoms with Gasteiger partial charge in [0.15, 0.2) is 24.2 Å². The number of fused-ring (bicyclic) bond motifs is 3. The van der Waals surface area contributed by atoms with Gasteiger partial charge in [-0.2, -0.15) is 0 Å². The van der Waals surface area contributed by atoms with E-state index in [0.29, 0.717) is 0 Å². The first-order valence-electron chi connectivity index (χ1n) is 35.4. The minimum Gasteiger partial charge on any atom is -0.309 e. The molecule has 15 aromatic rings. The first kappa shape index (κ1) is 68.1. The lowest BCUT2D eigenvalue weighted by Crippen LogP contribution is -2.74. The summed E-state index contributed by atoms with van der Waals surface area (Å²) in [5, 5.41) is 19.5. The van der Waals surface area contributed by atoms with E-state index in [1.807, 2.05) is 0 Å². The van der Waals surface area contributed by atoms with Crippen molar-refractivity contribution in [2.75, 3.05) is 0 Å². The fraction of sp³-hybridized carbons (Fsp3) is 0.125. The summed E-state index contributed by atoms with van der Waals surface area (Å²) in [6, 6.07) is 144. The maximum Gasteiger partial charge on any atom is 0.179 e. The highest BCUT2D eigenvalue weighted by Gasteiger charge is 2.45. The normalized spacial score (nSPS) is 12.1. The summed E-state index contributed by atoms with van der Waals surface area (Å²) >= 11 is 0. The number of para-hydroxylation sites is 2. The molecule has 0 fully saturated rings. The van der Waals surface area contributed by atoms with Gasteiger partial charge in [0.25, 0.3) is 0 Å². The number of nitrogens with zero attached hydrogens (tertiary/aromatic N) is 1. The average Bonchev–Trinajstić information content (AvgIpc) is 0.956. The molecule has 4 heteroatoms. The minimum atomic E-state index is -2.70. The Morgan fingerprint density at radius 2 is 0.400 bits per heavy atom. The molecule has 0 atom stereocenters. The molecule has 0 spiro atoms. The zero-order valence-corrected chi connectivity index (χ0v) is 62.4. The van der Waals surface area contributed by atoms with Crippen molar-refractivity contribution in [1.82, 2.24) is 4.57 Å². The summed E-state index contributed by atoms with van der Waals surface area (Å²) in [5.41, 5.74) is 8.09. The van der Waals surface area contributed by atoms with Crippen molar-refractivity contribution in [3.63, 3.8) is 0 Å². The summed E-state index contributed by atoms with van der Waals surface area (Å²) in [5.74, 6) is 0. The summed E-state index contributed by atoms with van der Waals surface area (Å²) in [7, 11) is -7.49. The topological polar surface area (TPSA) is 4.93 Å². The fourth-order valence-corrected chi connectivity index (χ4v) is 29.6. The first-order valence-corrected chi connectivity index (χ1v) is 41.4. The molecule has 0 aliphatic carbocycles. The molecule has 0 bridgehead atoms. The first-order chi connectivity index (χ1) is 48.5. The summed E-state index contributed by atoms with van der Waals surface area (Å²) in [6.45, 7) is 20.6. The van der Waals surface area contributed by atoms with E-state index in [0.717, 1.165) is 0 Å². The van der Waals surface area contributed by atoms with Crippen LogP contribution in [0.1, 0.15) is 79.0 Å². The molecule has 492 valence electrons. The number of hydrogen-bond donors (Lipinski definition) is 0. The largest absolute Gasteiger partial charge is 0.309 e. The standard InChI is InChI=1S/C40H35NSi.2C28H28Si/c1-40(2,3)30-16-14-22-34(28-30)42(32-18-6-4-7-19-32,33-20-8-5-9-21-33)35-23-15-17-31(29-35)41-38-26-12-10-24-36(38)37-25-11-13-27-39(37)41;1-28(2,3)23-14-13-21-27(22-23)29(24-15-7-4-8-16-24,25-17-9-5-10-18-25)26-19-11-6-12-20-26;1-28(2,3)23-19-21-27(22-20-23)29(24-13-7-4-8-14-24,25-15-9-5-10-16-25)26-17-11-6-12-18-26/h4-29H,1-3H3;2*4-22H,1-3H3. The number of hydrogen-bond acceptors (Lipinski definition) is 0. The molecule has 14 aromatic carbocycles. The molecule has 1 heterocycles. The van der Waals surface area contributed by atoms with Gasteiger partial charge in [-0.3, -0.25) is 0 Å². The number of rotatable bonds is 13. The van der Waals surface area contributed by atoms with Gasteiger partial charge < -0.3 is 4.57 Å². The highest BCUT2D eigenvalue weighted by Crippen LogP contribution is 2.32. The van der Waals surface area contributed by atoms with Gasteiger partial charge in [0.1, 0.15) is 0 Å². The Morgan fingerprint density at radius 1 is 0.180 bits per heavy atom.